The summed E-state index contributed by atoms with van der Waals surface area (Å²) < 4.78 is 13.8. The van der Waals surface area contributed by atoms with Gasteiger partial charge < -0.3 is 10.4 Å². The summed E-state index contributed by atoms with van der Waals surface area (Å²) >= 11 is 0. The molecule has 25 heavy (non-hydrogen) atoms. The lowest BCUT2D eigenvalue weighted by Crippen LogP contribution is -2.04. The van der Waals surface area contributed by atoms with Gasteiger partial charge in [-0.15, -0.1) is 0 Å². The Hall–Kier alpha value is -3.28. The van der Waals surface area contributed by atoms with Crippen LogP contribution in [0.2, 0.25) is 0 Å². The number of nitrogens with one attached hydrogen (secondary N) is 1. The fourth-order valence-electron chi connectivity index (χ4n) is 2.43. The Bertz CT molecular complexity index is 911. The molecule has 1 aromatic heterocycles. The first-order valence-electron chi connectivity index (χ1n) is 7.78. The summed E-state index contributed by atoms with van der Waals surface area (Å²) in [7, 11) is 0. The van der Waals surface area contributed by atoms with E-state index in [4.69, 9.17) is 0 Å². The van der Waals surface area contributed by atoms with Crippen LogP contribution in [0.5, 0.6) is 0 Å². The standard InChI is InChI=1S/C19H16FN3O2/c1-2-12-7-8-17(15(9-12)19(24)25)23-13-10-21-18(22-11-13)14-5-3-4-6-16(14)20/h3-11,23H,2H2,1H3,(H,24,25). The first-order chi connectivity index (χ1) is 12.1. The molecular formula is C19H16FN3O2. The summed E-state index contributed by atoms with van der Waals surface area (Å²) in [6, 6.07) is 11.5. The molecule has 1 heterocycles. The molecule has 5 nitrogen and oxygen atoms in total. The van der Waals surface area contributed by atoms with Crippen LogP contribution in [-0.4, -0.2) is 21.0 Å². The molecule has 2 N–H and O–H groups in total. The van der Waals surface area contributed by atoms with Gasteiger partial charge in [0.05, 0.1) is 34.9 Å². The van der Waals surface area contributed by atoms with Crippen LogP contribution in [0.1, 0.15) is 22.8 Å². The average molecular weight is 337 g/mol. The van der Waals surface area contributed by atoms with E-state index in [0.29, 0.717) is 16.9 Å². The first-order valence-corrected chi connectivity index (χ1v) is 7.78. The molecule has 0 atom stereocenters. The van der Waals surface area contributed by atoms with Crippen molar-refractivity contribution < 1.29 is 14.3 Å². The Kier molecular flexibility index (Phi) is 4.70. The number of carboxylic acids is 1. The minimum absolute atomic E-state index is 0.178. The van der Waals surface area contributed by atoms with Crippen LogP contribution in [0, 0.1) is 5.82 Å². The summed E-state index contributed by atoms with van der Waals surface area (Å²) in [4.78, 5) is 19.8. The maximum Gasteiger partial charge on any atom is 0.337 e. The number of rotatable bonds is 5. The van der Waals surface area contributed by atoms with Crippen molar-refractivity contribution in [2.45, 2.75) is 13.3 Å². The summed E-state index contributed by atoms with van der Waals surface area (Å²) in [5.74, 6) is -1.14. The monoisotopic (exact) mass is 337 g/mol. The number of carboxylic acid groups (broad SMARTS) is 1. The van der Waals surface area contributed by atoms with Gasteiger partial charge in [0, 0.05) is 0 Å². The lowest BCUT2D eigenvalue weighted by molar-refractivity contribution is 0.0698. The Labute approximate surface area is 144 Å². The van der Waals surface area contributed by atoms with E-state index in [9.17, 15) is 14.3 Å². The highest BCUT2D eigenvalue weighted by atomic mass is 19.1. The van der Waals surface area contributed by atoms with Gasteiger partial charge in [0.1, 0.15) is 5.82 Å². The Morgan fingerprint density at radius 1 is 1.16 bits per heavy atom. The average Bonchev–Trinajstić information content (AvgIpc) is 2.63. The zero-order valence-corrected chi connectivity index (χ0v) is 13.5. The minimum Gasteiger partial charge on any atom is -0.478 e. The lowest BCUT2D eigenvalue weighted by atomic mass is 10.1. The Balaban J connectivity index is 1.87. The molecule has 0 saturated carbocycles. The molecule has 0 aliphatic carbocycles. The van der Waals surface area contributed by atoms with Gasteiger partial charge in [0.15, 0.2) is 5.82 Å². The Morgan fingerprint density at radius 2 is 1.88 bits per heavy atom. The van der Waals surface area contributed by atoms with Crippen molar-refractivity contribution in [3.63, 3.8) is 0 Å². The van der Waals surface area contributed by atoms with Gasteiger partial charge in [-0.05, 0) is 36.2 Å². The quantitative estimate of drug-likeness (QED) is 0.726. The van der Waals surface area contributed by atoms with Gasteiger partial charge in [-0.25, -0.2) is 19.2 Å². The van der Waals surface area contributed by atoms with Crippen LogP contribution in [0.15, 0.2) is 54.9 Å². The van der Waals surface area contributed by atoms with Crippen molar-refractivity contribution >= 4 is 17.3 Å². The van der Waals surface area contributed by atoms with E-state index in [1.165, 1.54) is 18.5 Å². The number of anilines is 2. The Morgan fingerprint density at radius 3 is 2.52 bits per heavy atom. The summed E-state index contributed by atoms with van der Waals surface area (Å²) in [6.07, 6.45) is 3.74. The first kappa shape index (κ1) is 16.6. The van der Waals surface area contributed by atoms with E-state index < -0.39 is 11.8 Å². The van der Waals surface area contributed by atoms with Crippen LogP contribution in [-0.2, 0) is 6.42 Å². The largest absolute Gasteiger partial charge is 0.478 e. The molecule has 3 aromatic rings. The van der Waals surface area contributed by atoms with Crippen molar-refractivity contribution in [3.05, 3.63) is 71.8 Å². The normalized spacial score (nSPS) is 10.5. The molecule has 0 fully saturated rings. The smallest absolute Gasteiger partial charge is 0.337 e. The molecule has 3 rings (SSSR count). The topological polar surface area (TPSA) is 75.1 Å². The number of aromatic nitrogens is 2. The highest BCUT2D eigenvalue weighted by Crippen LogP contribution is 2.24. The maximum atomic E-state index is 13.8. The van der Waals surface area contributed by atoms with Crippen LogP contribution in [0.3, 0.4) is 0 Å². The van der Waals surface area contributed by atoms with Gasteiger partial charge in [-0.2, -0.15) is 0 Å². The van der Waals surface area contributed by atoms with E-state index >= 15 is 0 Å². The van der Waals surface area contributed by atoms with Crippen molar-refractivity contribution in [3.8, 4) is 11.4 Å². The maximum absolute atomic E-state index is 13.8. The van der Waals surface area contributed by atoms with Gasteiger partial charge in [0.25, 0.3) is 0 Å². The van der Waals surface area contributed by atoms with Gasteiger partial charge in [0.2, 0.25) is 0 Å². The number of halogens is 1. The van der Waals surface area contributed by atoms with Gasteiger partial charge in [-0.3, -0.25) is 0 Å². The molecule has 0 radical (unpaired) electrons. The molecule has 6 heteroatoms. The van der Waals surface area contributed by atoms with Gasteiger partial charge in [-0.1, -0.05) is 25.1 Å². The molecular weight excluding hydrogens is 321 g/mol. The van der Waals surface area contributed by atoms with Crippen LogP contribution in [0.4, 0.5) is 15.8 Å². The van der Waals surface area contributed by atoms with Crippen molar-refractivity contribution in [2.75, 3.05) is 5.32 Å². The third-order valence-corrected chi connectivity index (χ3v) is 3.77. The molecule has 0 bridgehead atoms. The second kappa shape index (κ2) is 7.09. The minimum atomic E-state index is -1.01. The van der Waals surface area contributed by atoms with Crippen LogP contribution in [0.25, 0.3) is 11.4 Å². The van der Waals surface area contributed by atoms with Crippen LogP contribution < -0.4 is 5.32 Å². The van der Waals surface area contributed by atoms with Crippen molar-refractivity contribution in [1.82, 2.24) is 9.97 Å². The second-order valence-corrected chi connectivity index (χ2v) is 5.44. The number of aromatic carboxylic acids is 1. The second-order valence-electron chi connectivity index (χ2n) is 5.44. The molecule has 0 aliphatic heterocycles. The summed E-state index contributed by atoms with van der Waals surface area (Å²) in [5.41, 5.74) is 2.40. The highest BCUT2D eigenvalue weighted by Gasteiger charge is 2.12. The van der Waals surface area contributed by atoms with E-state index in [1.54, 1.807) is 30.3 Å². The number of hydrogen-bond acceptors (Lipinski definition) is 4. The molecule has 2 aromatic carbocycles. The zero-order valence-electron chi connectivity index (χ0n) is 13.5. The molecule has 0 aliphatic rings. The third-order valence-electron chi connectivity index (χ3n) is 3.77. The van der Waals surface area contributed by atoms with Crippen molar-refractivity contribution in [1.29, 1.82) is 0 Å². The lowest BCUT2D eigenvalue weighted by Gasteiger charge is -2.11. The molecule has 126 valence electrons. The number of nitrogens with zero attached hydrogens (tertiary/aromatic N) is 2. The number of hydrogen-bond donors (Lipinski definition) is 2. The number of benzene rings is 2. The number of aryl methyl sites for hydroxylation is 1. The van der Waals surface area contributed by atoms with E-state index in [2.05, 4.69) is 15.3 Å². The molecule has 0 amide bonds. The predicted molar refractivity (Wildman–Crippen MR) is 93.5 cm³/mol. The van der Waals surface area contributed by atoms with Gasteiger partial charge >= 0.3 is 5.97 Å². The number of carbonyl (C=O) groups is 1. The molecule has 0 saturated heterocycles. The molecule has 0 spiro atoms. The third kappa shape index (κ3) is 3.63. The fourth-order valence-corrected chi connectivity index (χ4v) is 2.43. The van der Waals surface area contributed by atoms with E-state index in [-0.39, 0.29) is 11.4 Å². The van der Waals surface area contributed by atoms with Crippen LogP contribution >= 0.6 is 0 Å². The fraction of sp³-hybridized carbons (Fsp3) is 0.105. The SMILES string of the molecule is CCc1ccc(Nc2cnc(-c3ccccc3F)nc2)c(C(=O)O)c1. The summed E-state index contributed by atoms with van der Waals surface area (Å²) in [6.45, 7) is 1.96. The summed E-state index contributed by atoms with van der Waals surface area (Å²) in [5, 5.41) is 12.4. The molecule has 0 unspecified atom stereocenters. The van der Waals surface area contributed by atoms with E-state index in [0.717, 1.165) is 12.0 Å². The van der Waals surface area contributed by atoms with E-state index in [1.807, 2.05) is 13.0 Å². The zero-order chi connectivity index (χ0) is 17.8. The van der Waals surface area contributed by atoms with Crippen molar-refractivity contribution in [2.24, 2.45) is 0 Å². The predicted octanol–water partition coefficient (Wildman–Crippen LogP) is 4.29. The highest BCUT2D eigenvalue weighted by molar-refractivity contribution is 5.95.